The largest absolute Gasteiger partial charge is 0.361 e. The van der Waals surface area contributed by atoms with Crippen molar-refractivity contribution in [2.24, 2.45) is 5.73 Å². The quantitative estimate of drug-likeness (QED) is 0.873. The molecule has 2 N–H and O–H groups in total. The SMILES string of the molecule is Cc1noc(C)c1CN1CCN(C(=O)c2csc(CCN)n2)CC1. The predicted octanol–water partition coefficient (Wildman–Crippen LogP) is 1.21. The van der Waals surface area contributed by atoms with Crippen molar-refractivity contribution in [1.82, 2.24) is 19.9 Å². The Kier molecular flexibility index (Phi) is 5.27. The molecule has 0 unspecified atom stereocenters. The summed E-state index contributed by atoms with van der Waals surface area (Å²) >= 11 is 1.51. The van der Waals surface area contributed by atoms with E-state index in [1.54, 1.807) is 0 Å². The maximum atomic E-state index is 12.5. The Morgan fingerprint density at radius 1 is 1.33 bits per heavy atom. The van der Waals surface area contributed by atoms with Gasteiger partial charge in [0.25, 0.3) is 5.91 Å². The Bertz CT molecular complexity index is 684. The van der Waals surface area contributed by atoms with E-state index < -0.39 is 0 Å². The maximum absolute atomic E-state index is 12.5. The lowest BCUT2D eigenvalue weighted by molar-refractivity contribution is 0.0622. The highest BCUT2D eigenvalue weighted by atomic mass is 32.1. The lowest BCUT2D eigenvalue weighted by atomic mass is 10.1. The van der Waals surface area contributed by atoms with Gasteiger partial charge in [0, 0.05) is 50.1 Å². The van der Waals surface area contributed by atoms with Crippen LogP contribution in [-0.2, 0) is 13.0 Å². The highest BCUT2D eigenvalue weighted by Crippen LogP contribution is 2.17. The lowest BCUT2D eigenvalue weighted by Gasteiger charge is -2.34. The molecule has 1 aliphatic heterocycles. The van der Waals surface area contributed by atoms with Crippen LogP contribution < -0.4 is 5.73 Å². The molecular formula is C16H23N5O2S. The molecule has 1 aliphatic rings. The lowest BCUT2D eigenvalue weighted by Crippen LogP contribution is -2.48. The molecule has 24 heavy (non-hydrogen) atoms. The van der Waals surface area contributed by atoms with Gasteiger partial charge in [-0.05, 0) is 20.4 Å². The zero-order valence-electron chi connectivity index (χ0n) is 14.1. The molecular weight excluding hydrogens is 326 g/mol. The van der Waals surface area contributed by atoms with Gasteiger partial charge < -0.3 is 15.2 Å². The van der Waals surface area contributed by atoms with E-state index in [0.717, 1.165) is 48.1 Å². The number of amides is 1. The summed E-state index contributed by atoms with van der Waals surface area (Å²) in [5, 5.41) is 6.77. The number of piperazine rings is 1. The molecule has 8 heteroatoms. The van der Waals surface area contributed by atoms with Crippen molar-refractivity contribution < 1.29 is 9.32 Å². The molecule has 2 aromatic heterocycles. The molecule has 0 atom stereocenters. The average molecular weight is 349 g/mol. The summed E-state index contributed by atoms with van der Waals surface area (Å²) in [4.78, 5) is 21.1. The molecule has 130 valence electrons. The first-order chi connectivity index (χ1) is 11.6. The smallest absolute Gasteiger partial charge is 0.273 e. The van der Waals surface area contributed by atoms with Crippen LogP contribution in [0.5, 0.6) is 0 Å². The van der Waals surface area contributed by atoms with E-state index in [2.05, 4.69) is 15.0 Å². The number of hydrogen-bond acceptors (Lipinski definition) is 7. The minimum atomic E-state index is 0.0199. The molecule has 0 aliphatic carbocycles. The van der Waals surface area contributed by atoms with Gasteiger partial charge in [-0.1, -0.05) is 5.16 Å². The van der Waals surface area contributed by atoms with Gasteiger partial charge in [0.05, 0.1) is 10.7 Å². The number of carbonyl (C=O) groups excluding carboxylic acids is 1. The second kappa shape index (κ2) is 7.42. The first kappa shape index (κ1) is 17.1. The molecule has 0 saturated carbocycles. The van der Waals surface area contributed by atoms with Crippen molar-refractivity contribution in [3.63, 3.8) is 0 Å². The van der Waals surface area contributed by atoms with Crippen LogP contribution in [-0.4, -0.2) is 58.6 Å². The molecule has 1 saturated heterocycles. The molecule has 2 aromatic rings. The summed E-state index contributed by atoms with van der Waals surface area (Å²) in [5.74, 6) is 0.896. The molecule has 1 fully saturated rings. The van der Waals surface area contributed by atoms with E-state index in [1.807, 2.05) is 24.1 Å². The third-order valence-corrected chi connectivity index (χ3v) is 5.26. The number of nitrogens with zero attached hydrogens (tertiary/aromatic N) is 4. The monoisotopic (exact) mass is 349 g/mol. The molecule has 7 nitrogen and oxygen atoms in total. The van der Waals surface area contributed by atoms with Crippen LogP contribution >= 0.6 is 11.3 Å². The van der Waals surface area contributed by atoms with Crippen molar-refractivity contribution in [2.45, 2.75) is 26.8 Å². The fraction of sp³-hybridized carbons (Fsp3) is 0.562. The van der Waals surface area contributed by atoms with Gasteiger partial charge in [0.2, 0.25) is 0 Å². The van der Waals surface area contributed by atoms with Gasteiger partial charge in [-0.25, -0.2) is 4.98 Å². The highest BCUT2D eigenvalue weighted by molar-refractivity contribution is 7.09. The van der Waals surface area contributed by atoms with Crippen LogP contribution in [0.25, 0.3) is 0 Å². The zero-order chi connectivity index (χ0) is 17.1. The van der Waals surface area contributed by atoms with Crippen LogP contribution in [0.4, 0.5) is 0 Å². The van der Waals surface area contributed by atoms with E-state index in [9.17, 15) is 4.79 Å². The topological polar surface area (TPSA) is 88.5 Å². The molecule has 0 bridgehead atoms. The summed E-state index contributed by atoms with van der Waals surface area (Å²) in [5.41, 5.74) is 8.18. The van der Waals surface area contributed by atoms with Gasteiger partial charge in [0.1, 0.15) is 11.5 Å². The average Bonchev–Trinajstić information content (AvgIpc) is 3.17. The Labute approximate surface area is 145 Å². The molecule has 0 radical (unpaired) electrons. The van der Waals surface area contributed by atoms with Crippen molar-refractivity contribution in [3.8, 4) is 0 Å². The third-order valence-electron chi connectivity index (χ3n) is 4.35. The van der Waals surface area contributed by atoms with Crippen LogP contribution in [0, 0.1) is 13.8 Å². The minimum absolute atomic E-state index is 0.0199. The summed E-state index contributed by atoms with van der Waals surface area (Å²) in [6.07, 6.45) is 0.725. The molecule has 3 rings (SSSR count). The highest BCUT2D eigenvalue weighted by Gasteiger charge is 2.25. The summed E-state index contributed by atoms with van der Waals surface area (Å²) in [7, 11) is 0. The standard InChI is InChI=1S/C16H23N5O2S/c1-11-13(12(2)23-19-11)9-20-5-7-21(8-6-20)16(22)14-10-24-15(18-14)3-4-17/h10H,3-9,17H2,1-2H3. The van der Waals surface area contributed by atoms with E-state index in [0.29, 0.717) is 25.3 Å². The second-order valence-corrected chi connectivity index (χ2v) is 6.98. The number of rotatable bonds is 5. The Hall–Kier alpha value is -1.77. The fourth-order valence-electron chi connectivity index (χ4n) is 2.87. The van der Waals surface area contributed by atoms with E-state index in [1.165, 1.54) is 11.3 Å². The first-order valence-electron chi connectivity index (χ1n) is 8.16. The summed E-state index contributed by atoms with van der Waals surface area (Å²) in [6, 6.07) is 0. The normalized spacial score (nSPS) is 15.9. The number of aromatic nitrogens is 2. The van der Waals surface area contributed by atoms with E-state index in [-0.39, 0.29) is 5.91 Å². The first-order valence-corrected chi connectivity index (χ1v) is 9.04. The maximum Gasteiger partial charge on any atom is 0.273 e. The number of carbonyl (C=O) groups is 1. The van der Waals surface area contributed by atoms with Crippen molar-refractivity contribution in [1.29, 1.82) is 0 Å². The van der Waals surface area contributed by atoms with Gasteiger partial charge in [-0.15, -0.1) is 11.3 Å². The van der Waals surface area contributed by atoms with Gasteiger partial charge in [-0.2, -0.15) is 0 Å². The van der Waals surface area contributed by atoms with Crippen molar-refractivity contribution in [3.05, 3.63) is 33.1 Å². The summed E-state index contributed by atoms with van der Waals surface area (Å²) < 4.78 is 5.22. The van der Waals surface area contributed by atoms with E-state index in [4.69, 9.17) is 10.3 Å². The fourth-order valence-corrected chi connectivity index (χ4v) is 3.66. The number of aryl methyl sites for hydroxylation is 2. The Morgan fingerprint density at radius 3 is 2.71 bits per heavy atom. The minimum Gasteiger partial charge on any atom is -0.361 e. The summed E-state index contributed by atoms with van der Waals surface area (Å²) in [6.45, 7) is 8.40. The molecule has 3 heterocycles. The van der Waals surface area contributed by atoms with Crippen LogP contribution in [0.1, 0.15) is 32.5 Å². The van der Waals surface area contributed by atoms with Crippen LogP contribution in [0.2, 0.25) is 0 Å². The van der Waals surface area contributed by atoms with Crippen LogP contribution in [0.15, 0.2) is 9.90 Å². The third kappa shape index (κ3) is 3.66. The van der Waals surface area contributed by atoms with Crippen molar-refractivity contribution >= 4 is 17.2 Å². The molecule has 0 aromatic carbocycles. The number of thiazole rings is 1. The number of nitrogens with two attached hydrogens (primary N) is 1. The van der Waals surface area contributed by atoms with Gasteiger partial charge in [-0.3, -0.25) is 9.69 Å². The second-order valence-electron chi connectivity index (χ2n) is 6.04. The Morgan fingerprint density at radius 2 is 2.08 bits per heavy atom. The number of hydrogen-bond donors (Lipinski definition) is 1. The van der Waals surface area contributed by atoms with Crippen molar-refractivity contribution in [2.75, 3.05) is 32.7 Å². The zero-order valence-corrected chi connectivity index (χ0v) is 14.9. The Balaban J connectivity index is 1.55. The van der Waals surface area contributed by atoms with E-state index >= 15 is 0 Å². The molecule has 0 spiro atoms. The predicted molar refractivity (Wildman–Crippen MR) is 92.0 cm³/mol. The molecule has 1 amide bonds. The van der Waals surface area contributed by atoms with Gasteiger partial charge in [0.15, 0.2) is 0 Å². The van der Waals surface area contributed by atoms with Gasteiger partial charge >= 0.3 is 0 Å². The van der Waals surface area contributed by atoms with Crippen LogP contribution in [0.3, 0.4) is 0 Å².